The minimum absolute atomic E-state index is 0.0196. The number of carbonyl (C=O) groups is 2. The van der Waals surface area contributed by atoms with Crippen LogP contribution in [0.2, 0.25) is 0 Å². The number of aliphatic hydroxyl groups is 1. The zero-order chi connectivity index (χ0) is 28.5. The lowest BCUT2D eigenvalue weighted by Crippen LogP contribution is -2.50. The van der Waals surface area contributed by atoms with Crippen LogP contribution < -0.4 is 0 Å². The van der Waals surface area contributed by atoms with Crippen molar-refractivity contribution in [2.24, 2.45) is 0 Å². The predicted molar refractivity (Wildman–Crippen MR) is 155 cm³/mol. The summed E-state index contributed by atoms with van der Waals surface area (Å²) in [6.45, 7) is 2.42. The number of allylic oxidation sites excluding steroid dienone is 2. The molecule has 224 valence electrons. The third-order valence-electron chi connectivity index (χ3n) is 6.90. The first-order valence-electron chi connectivity index (χ1n) is 15.3. The fourth-order valence-electron chi connectivity index (χ4n) is 4.44. The summed E-state index contributed by atoms with van der Waals surface area (Å²) in [4.78, 5) is 23.2. The molecule has 7 heteroatoms. The van der Waals surface area contributed by atoms with Crippen molar-refractivity contribution in [2.45, 2.75) is 135 Å². The van der Waals surface area contributed by atoms with Gasteiger partial charge in [-0.25, -0.2) is 4.79 Å². The summed E-state index contributed by atoms with van der Waals surface area (Å²) >= 11 is 0. The topological polar surface area (TPSA) is 93.1 Å². The first-order chi connectivity index (χ1) is 18.2. The molecule has 0 aromatic carbocycles. The second kappa shape index (κ2) is 24.6. The number of hydrogen-bond donors (Lipinski definition) is 2. The Balaban J connectivity index is 3.50. The molecule has 0 spiro atoms. The molecule has 0 saturated carbocycles. The molecule has 0 bridgehead atoms. The molecule has 0 heterocycles. The highest BCUT2D eigenvalue weighted by molar-refractivity contribution is 5.72. The normalized spacial score (nSPS) is 13.6. The lowest BCUT2D eigenvalue weighted by atomic mass is 10.1. The number of esters is 1. The lowest BCUT2D eigenvalue weighted by Gasteiger charge is -2.31. The van der Waals surface area contributed by atoms with Crippen LogP contribution in [-0.2, 0) is 19.1 Å². The Morgan fingerprint density at radius 3 is 1.76 bits per heavy atom. The molecule has 0 aromatic rings. The molecule has 2 atom stereocenters. The number of likely N-dealkylation sites (N-methyl/N-ethyl adjacent to an activating group) is 1. The van der Waals surface area contributed by atoms with E-state index in [1.165, 1.54) is 83.5 Å². The Morgan fingerprint density at radius 1 is 0.763 bits per heavy atom. The van der Waals surface area contributed by atoms with E-state index in [4.69, 9.17) is 9.47 Å². The van der Waals surface area contributed by atoms with Crippen LogP contribution in [0, 0.1) is 0 Å². The van der Waals surface area contributed by atoms with E-state index in [9.17, 15) is 19.8 Å². The van der Waals surface area contributed by atoms with Crippen molar-refractivity contribution in [1.82, 2.24) is 0 Å². The quantitative estimate of drug-likeness (QED) is 0.0521. The summed E-state index contributed by atoms with van der Waals surface area (Å²) in [7, 11) is 5.47. The van der Waals surface area contributed by atoms with E-state index in [1.54, 1.807) is 0 Å². The smallest absolute Gasteiger partial charge is 0.362 e. The van der Waals surface area contributed by atoms with Gasteiger partial charge in [-0.2, -0.15) is 0 Å². The number of nitrogens with zero attached hydrogens (tertiary/aromatic N) is 1. The van der Waals surface area contributed by atoms with Gasteiger partial charge in [-0.05, 0) is 32.1 Å². The zero-order valence-corrected chi connectivity index (χ0v) is 25.1. The van der Waals surface area contributed by atoms with Gasteiger partial charge < -0.3 is 24.2 Å². The molecule has 0 aliphatic carbocycles. The van der Waals surface area contributed by atoms with Crippen molar-refractivity contribution in [2.75, 3.05) is 41.0 Å². The van der Waals surface area contributed by atoms with Crippen LogP contribution in [0.3, 0.4) is 0 Å². The molecule has 0 aliphatic heterocycles. The maximum absolute atomic E-state index is 11.9. The molecule has 0 aromatic heterocycles. The number of carboxylic acids is 1. The van der Waals surface area contributed by atoms with E-state index < -0.39 is 18.1 Å². The highest BCUT2D eigenvalue weighted by atomic mass is 16.5. The first-order valence-corrected chi connectivity index (χ1v) is 15.3. The van der Waals surface area contributed by atoms with Gasteiger partial charge in [0.05, 0.1) is 34.4 Å². The van der Waals surface area contributed by atoms with E-state index in [2.05, 4.69) is 19.1 Å². The fraction of sp³-hybridized carbons (Fsp3) is 0.871. The third-order valence-corrected chi connectivity index (χ3v) is 6.90. The van der Waals surface area contributed by atoms with Crippen LogP contribution in [0.4, 0.5) is 0 Å². The maximum Gasteiger partial charge on any atom is 0.362 e. The Bertz CT molecular complexity index is 602. The minimum atomic E-state index is -0.901. The SMILES string of the molecule is CCCCCCCCC/C=C\CCCCCCCCCC(=O)OCC(O)COCCC(C(=O)O)[N+](C)(C)C. The van der Waals surface area contributed by atoms with Gasteiger partial charge in [0.25, 0.3) is 0 Å². The van der Waals surface area contributed by atoms with Gasteiger partial charge in [0.2, 0.25) is 0 Å². The molecule has 0 rings (SSSR count). The van der Waals surface area contributed by atoms with Crippen LogP contribution in [0.5, 0.6) is 0 Å². The van der Waals surface area contributed by atoms with Crippen molar-refractivity contribution < 1.29 is 33.8 Å². The van der Waals surface area contributed by atoms with Crippen molar-refractivity contribution in [1.29, 1.82) is 0 Å². The molecule has 0 aliphatic rings. The molecular weight excluding hydrogens is 482 g/mol. The fourth-order valence-corrected chi connectivity index (χ4v) is 4.44. The molecule has 0 radical (unpaired) electrons. The Morgan fingerprint density at radius 2 is 1.26 bits per heavy atom. The summed E-state index contributed by atoms with van der Waals surface area (Å²) in [5.74, 6) is -1.16. The van der Waals surface area contributed by atoms with Crippen LogP contribution >= 0.6 is 0 Å². The standard InChI is InChI=1S/C31H59NO6/c1-5-6-7-8-9-10-11-12-13-14-15-16-17-18-19-20-21-22-23-30(34)38-27-28(33)26-37-25-24-29(31(35)36)32(2,3)4/h13-14,28-29,33H,5-12,15-27H2,1-4H3/p+1/b14-13-. The number of aliphatic carboxylic acids is 1. The van der Waals surface area contributed by atoms with E-state index in [0.717, 1.165) is 19.3 Å². The van der Waals surface area contributed by atoms with Gasteiger partial charge >= 0.3 is 11.9 Å². The molecule has 2 N–H and O–H groups in total. The van der Waals surface area contributed by atoms with Crippen molar-refractivity contribution in [3.05, 3.63) is 12.2 Å². The number of hydrogen-bond acceptors (Lipinski definition) is 5. The monoisotopic (exact) mass is 542 g/mol. The third kappa shape index (κ3) is 23.7. The summed E-state index contributed by atoms with van der Waals surface area (Å²) in [5, 5.41) is 19.2. The highest BCUT2D eigenvalue weighted by Crippen LogP contribution is 2.12. The molecule has 0 amide bonds. The molecule has 0 fully saturated rings. The van der Waals surface area contributed by atoms with Crippen molar-refractivity contribution in [3.63, 3.8) is 0 Å². The maximum atomic E-state index is 11.9. The zero-order valence-electron chi connectivity index (χ0n) is 25.1. The summed E-state index contributed by atoms with van der Waals surface area (Å²) < 4.78 is 10.8. The van der Waals surface area contributed by atoms with E-state index >= 15 is 0 Å². The van der Waals surface area contributed by atoms with Gasteiger partial charge in [-0.15, -0.1) is 0 Å². The average molecular weight is 543 g/mol. The lowest BCUT2D eigenvalue weighted by molar-refractivity contribution is -0.887. The minimum Gasteiger partial charge on any atom is -0.477 e. The molecule has 2 unspecified atom stereocenters. The van der Waals surface area contributed by atoms with Crippen LogP contribution in [0.1, 0.15) is 122 Å². The number of carbonyl (C=O) groups excluding carboxylic acids is 1. The number of aliphatic hydroxyl groups excluding tert-OH is 1. The number of quaternary nitrogens is 1. The molecule has 38 heavy (non-hydrogen) atoms. The number of ether oxygens (including phenoxy) is 2. The second-order valence-corrected chi connectivity index (χ2v) is 11.6. The molecule has 0 saturated heterocycles. The Kier molecular flexibility index (Phi) is 23.7. The largest absolute Gasteiger partial charge is 0.477 e. The van der Waals surface area contributed by atoms with Gasteiger partial charge in [-0.3, -0.25) is 4.79 Å². The van der Waals surface area contributed by atoms with E-state index in [-0.39, 0.29) is 25.8 Å². The predicted octanol–water partition coefficient (Wildman–Crippen LogP) is 6.66. The number of carboxylic acid groups (broad SMARTS) is 1. The van der Waals surface area contributed by atoms with E-state index in [1.807, 2.05) is 21.1 Å². The second-order valence-electron chi connectivity index (χ2n) is 11.6. The Labute approximate surface area is 233 Å². The van der Waals surface area contributed by atoms with Crippen molar-refractivity contribution >= 4 is 11.9 Å². The first kappa shape index (κ1) is 36.6. The van der Waals surface area contributed by atoms with Crippen LogP contribution in [0.15, 0.2) is 12.2 Å². The van der Waals surface area contributed by atoms with Crippen LogP contribution in [-0.4, -0.2) is 79.7 Å². The average Bonchev–Trinajstić information content (AvgIpc) is 2.85. The highest BCUT2D eigenvalue weighted by Gasteiger charge is 2.30. The van der Waals surface area contributed by atoms with Gasteiger partial charge in [-0.1, -0.05) is 89.7 Å². The van der Waals surface area contributed by atoms with E-state index in [0.29, 0.717) is 17.3 Å². The summed E-state index contributed by atoms with van der Waals surface area (Å²) in [5.41, 5.74) is 0. The molecular formula is C31H60NO6+. The molecule has 7 nitrogen and oxygen atoms in total. The van der Waals surface area contributed by atoms with Gasteiger partial charge in [0, 0.05) is 12.8 Å². The summed E-state index contributed by atoms with van der Waals surface area (Å²) in [6.07, 6.45) is 24.6. The van der Waals surface area contributed by atoms with Gasteiger partial charge in [0.1, 0.15) is 12.7 Å². The number of rotatable bonds is 27. The Hall–Kier alpha value is -1.44. The van der Waals surface area contributed by atoms with Crippen molar-refractivity contribution in [3.8, 4) is 0 Å². The summed E-state index contributed by atoms with van der Waals surface area (Å²) in [6, 6.07) is -0.573. The van der Waals surface area contributed by atoms with Crippen LogP contribution in [0.25, 0.3) is 0 Å². The number of unbranched alkanes of at least 4 members (excludes halogenated alkanes) is 14. The van der Waals surface area contributed by atoms with Gasteiger partial charge in [0.15, 0.2) is 6.04 Å².